The fraction of sp³-hybridized carbons (Fsp3) is 0.242. The molecule has 0 saturated heterocycles. The summed E-state index contributed by atoms with van der Waals surface area (Å²) < 4.78 is 17.6. The minimum absolute atomic E-state index is 0.0939. The fourth-order valence-electron chi connectivity index (χ4n) is 4.85. The van der Waals surface area contributed by atoms with E-state index in [0.717, 1.165) is 22.3 Å². The van der Waals surface area contributed by atoms with Crippen LogP contribution in [0.2, 0.25) is 0 Å². The molecule has 1 fully saturated rings. The summed E-state index contributed by atoms with van der Waals surface area (Å²) in [6.07, 6.45) is -8.13. The standard InChI is InChI=1S/C33H32O7/c34-27-28(35)32(40-33(37)26-18-16-25(17-19-26)24-14-8-3-9-15-24)31(39-21-23-12-6-2-7-13-23)29(36)30(27)38-20-22-10-4-1-5-11-22/h1-19,27-32,34-36H,20-21H2/t27-,28+,29-,30+,31+,32+/m1/s1. The Balaban J connectivity index is 1.34. The first-order chi connectivity index (χ1) is 19.5. The Kier molecular flexibility index (Phi) is 9.01. The van der Waals surface area contributed by atoms with Crippen LogP contribution in [0, 0.1) is 0 Å². The summed E-state index contributed by atoms with van der Waals surface area (Å²) in [5.41, 5.74) is 3.87. The summed E-state index contributed by atoms with van der Waals surface area (Å²) in [4.78, 5) is 13.1. The van der Waals surface area contributed by atoms with Gasteiger partial charge in [-0.15, -0.1) is 0 Å². The minimum Gasteiger partial charge on any atom is -0.453 e. The maximum Gasteiger partial charge on any atom is 0.338 e. The molecule has 1 aliphatic carbocycles. The van der Waals surface area contributed by atoms with Crippen LogP contribution in [0.15, 0.2) is 115 Å². The molecular formula is C33H32O7. The second-order valence-corrected chi connectivity index (χ2v) is 9.81. The van der Waals surface area contributed by atoms with E-state index in [9.17, 15) is 20.1 Å². The third-order valence-corrected chi connectivity index (χ3v) is 7.06. The number of benzene rings is 4. The largest absolute Gasteiger partial charge is 0.453 e. The minimum atomic E-state index is -1.56. The number of hydrogen-bond acceptors (Lipinski definition) is 7. The molecule has 1 aliphatic rings. The molecule has 40 heavy (non-hydrogen) atoms. The number of aliphatic hydroxyl groups excluding tert-OH is 3. The highest BCUT2D eigenvalue weighted by atomic mass is 16.6. The first-order valence-corrected chi connectivity index (χ1v) is 13.2. The average molecular weight is 541 g/mol. The van der Waals surface area contributed by atoms with Gasteiger partial charge < -0.3 is 29.5 Å². The molecule has 0 aliphatic heterocycles. The van der Waals surface area contributed by atoms with Crippen molar-refractivity contribution in [3.63, 3.8) is 0 Å². The SMILES string of the molecule is O=C(O[C@H]1[C@@H](O)[C@@H](O)[C@H](OCc2ccccc2)[C@@H](O)[C@@H]1OCc1ccccc1)c1ccc(-c2ccccc2)cc1. The normalized spacial score (nSPS) is 24.4. The third-order valence-electron chi connectivity index (χ3n) is 7.06. The van der Waals surface area contributed by atoms with Gasteiger partial charge in [0.1, 0.15) is 30.5 Å². The van der Waals surface area contributed by atoms with Crippen molar-refractivity contribution in [2.75, 3.05) is 0 Å². The van der Waals surface area contributed by atoms with Crippen LogP contribution < -0.4 is 0 Å². The summed E-state index contributed by atoms with van der Waals surface area (Å²) in [7, 11) is 0. The molecule has 0 unspecified atom stereocenters. The zero-order valence-corrected chi connectivity index (χ0v) is 21.8. The van der Waals surface area contributed by atoms with Gasteiger partial charge in [-0.3, -0.25) is 0 Å². The van der Waals surface area contributed by atoms with Crippen molar-refractivity contribution >= 4 is 5.97 Å². The van der Waals surface area contributed by atoms with Gasteiger partial charge in [-0.05, 0) is 34.4 Å². The van der Waals surface area contributed by atoms with E-state index in [0.29, 0.717) is 0 Å². The molecule has 7 heteroatoms. The molecule has 206 valence electrons. The molecule has 4 aromatic rings. The fourth-order valence-corrected chi connectivity index (χ4v) is 4.85. The Bertz CT molecular complexity index is 1350. The van der Waals surface area contributed by atoms with Crippen molar-refractivity contribution in [3.8, 4) is 11.1 Å². The summed E-state index contributed by atoms with van der Waals surface area (Å²) in [5.74, 6) is -0.708. The van der Waals surface area contributed by atoms with Crippen LogP contribution >= 0.6 is 0 Å². The van der Waals surface area contributed by atoms with Gasteiger partial charge in [-0.2, -0.15) is 0 Å². The summed E-state index contributed by atoms with van der Waals surface area (Å²) in [6.45, 7) is 0.201. The number of ether oxygens (including phenoxy) is 3. The Morgan fingerprint density at radius 3 is 1.52 bits per heavy atom. The Labute approximate surface area is 233 Å². The first kappa shape index (κ1) is 27.7. The molecule has 0 aromatic heterocycles. The van der Waals surface area contributed by atoms with Crippen LogP contribution in [0.5, 0.6) is 0 Å². The third kappa shape index (κ3) is 6.47. The molecule has 1 saturated carbocycles. The lowest BCUT2D eigenvalue weighted by atomic mass is 9.84. The molecule has 4 aromatic carbocycles. The zero-order chi connectivity index (χ0) is 27.9. The van der Waals surface area contributed by atoms with E-state index >= 15 is 0 Å². The molecule has 3 N–H and O–H groups in total. The van der Waals surface area contributed by atoms with Crippen molar-refractivity contribution in [1.29, 1.82) is 0 Å². The van der Waals surface area contributed by atoms with E-state index in [1.54, 1.807) is 12.1 Å². The molecule has 5 rings (SSSR count). The smallest absolute Gasteiger partial charge is 0.338 e. The molecule has 0 heterocycles. The van der Waals surface area contributed by atoms with Crippen molar-refractivity contribution in [2.24, 2.45) is 0 Å². The van der Waals surface area contributed by atoms with E-state index in [-0.39, 0.29) is 18.8 Å². The van der Waals surface area contributed by atoms with Crippen LogP contribution in [-0.2, 0) is 27.4 Å². The van der Waals surface area contributed by atoms with Crippen LogP contribution in [0.25, 0.3) is 11.1 Å². The highest BCUT2D eigenvalue weighted by Gasteiger charge is 2.52. The quantitative estimate of drug-likeness (QED) is 0.274. The van der Waals surface area contributed by atoms with Gasteiger partial charge in [0.2, 0.25) is 0 Å². The summed E-state index contributed by atoms with van der Waals surface area (Å²) in [6, 6.07) is 35.2. The lowest BCUT2D eigenvalue weighted by Crippen LogP contribution is -2.65. The topological polar surface area (TPSA) is 105 Å². The number of carbonyl (C=O) groups is 1. The van der Waals surface area contributed by atoms with Crippen LogP contribution in [-0.4, -0.2) is 57.9 Å². The Hall–Kier alpha value is -3.85. The van der Waals surface area contributed by atoms with Gasteiger partial charge in [0.25, 0.3) is 0 Å². The van der Waals surface area contributed by atoms with Crippen molar-refractivity contribution in [1.82, 2.24) is 0 Å². The molecule has 0 amide bonds. The maximum atomic E-state index is 13.1. The molecular weight excluding hydrogens is 508 g/mol. The van der Waals surface area contributed by atoms with E-state index < -0.39 is 42.6 Å². The van der Waals surface area contributed by atoms with Crippen LogP contribution in [0.3, 0.4) is 0 Å². The van der Waals surface area contributed by atoms with E-state index in [4.69, 9.17) is 14.2 Å². The van der Waals surface area contributed by atoms with Crippen LogP contribution in [0.4, 0.5) is 0 Å². The van der Waals surface area contributed by atoms with Gasteiger partial charge >= 0.3 is 5.97 Å². The van der Waals surface area contributed by atoms with Gasteiger partial charge in [0.05, 0.1) is 18.8 Å². The Morgan fingerprint density at radius 2 is 0.975 bits per heavy atom. The number of rotatable bonds is 9. The van der Waals surface area contributed by atoms with Crippen molar-refractivity contribution < 1.29 is 34.3 Å². The average Bonchev–Trinajstić information content (AvgIpc) is 3.01. The number of aliphatic hydroxyl groups is 3. The lowest BCUT2D eigenvalue weighted by molar-refractivity contribution is -0.250. The van der Waals surface area contributed by atoms with Crippen molar-refractivity contribution in [3.05, 3.63) is 132 Å². The predicted octanol–water partition coefficient (Wildman–Crippen LogP) is 4.15. The number of carbonyl (C=O) groups excluding carboxylic acids is 1. The van der Waals surface area contributed by atoms with Gasteiger partial charge in [-0.25, -0.2) is 4.79 Å². The van der Waals surface area contributed by atoms with Gasteiger partial charge in [0, 0.05) is 0 Å². The number of esters is 1. The molecule has 6 atom stereocenters. The predicted molar refractivity (Wildman–Crippen MR) is 149 cm³/mol. The lowest BCUT2D eigenvalue weighted by Gasteiger charge is -2.44. The maximum absolute atomic E-state index is 13.1. The summed E-state index contributed by atoms with van der Waals surface area (Å²) >= 11 is 0. The van der Waals surface area contributed by atoms with Gasteiger partial charge in [0.15, 0.2) is 6.10 Å². The highest BCUT2D eigenvalue weighted by Crippen LogP contribution is 2.30. The zero-order valence-electron chi connectivity index (χ0n) is 21.8. The van der Waals surface area contributed by atoms with E-state index in [1.807, 2.05) is 103 Å². The highest BCUT2D eigenvalue weighted by molar-refractivity contribution is 5.90. The molecule has 7 nitrogen and oxygen atoms in total. The molecule has 0 radical (unpaired) electrons. The first-order valence-electron chi connectivity index (χ1n) is 13.2. The second kappa shape index (κ2) is 13.0. The summed E-state index contributed by atoms with van der Waals surface area (Å²) in [5, 5.41) is 33.3. The molecule has 0 spiro atoms. The van der Waals surface area contributed by atoms with Crippen molar-refractivity contribution in [2.45, 2.75) is 49.8 Å². The number of hydrogen-bond donors (Lipinski definition) is 3. The van der Waals surface area contributed by atoms with Gasteiger partial charge in [-0.1, -0.05) is 103 Å². The molecule has 0 bridgehead atoms. The monoisotopic (exact) mass is 540 g/mol. The van der Waals surface area contributed by atoms with Crippen LogP contribution in [0.1, 0.15) is 21.5 Å². The van der Waals surface area contributed by atoms with E-state index in [1.165, 1.54) is 0 Å². The Morgan fingerprint density at radius 1 is 0.525 bits per heavy atom. The second-order valence-electron chi connectivity index (χ2n) is 9.81. The van der Waals surface area contributed by atoms with E-state index in [2.05, 4.69) is 0 Å².